The van der Waals surface area contributed by atoms with E-state index in [2.05, 4.69) is 10.6 Å². The Labute approximate surface area is 186 Å². The molecule has 0 aliphatic carbocycles. The first-order chi connectivity index (χ1) is 14.1. The van der Waals surface area contributed by atoms with Gasteiger partial charge in [0.25, 0.3) is 5.91 Å². The van der Waals surface area contributed by atoms with Crippen LogP contribution in [-0.2, 0) is 17.5 Å². The Balaban J connectivity index is 2.06. The van der Waals surface area contributed by atoms with Crippen LogP contribution in [0.25, 0.3) is 0 Å². The largest absolute Gasteiger partial charge is 0.416 e. The molecule has 2 rings (SSSR count). The van der Waals surface area contributed by atoms with E-state index in [0.29, 0.717) is 22.8 Å². The van der Waals surface area contributed by atoms with Gasteiger partial charge in [-0.3, -0.25) is 9.59 Å². The summed E-state index contributed by atoms with van der Waals surface area (Å²) in [4.78, 5) is 25.1. The Morgan fingerprint density at radius 2 is 1.83 bits per heavy atom. The Morgan fingerprint density at radius 3 is 2.47 bits per heavy atom. The summed E-state index contributed by atoms with van der Waals surface area (Å²) in [5.41, 5.74) is -0.247. The summed E-state index contributed by atoms with van der Waals surface area (Å²) in [7, 11) is 0. The topological polar surface area (TPSA) is 58.2 Å². The van der Waals surface area contributed by atoms with E-state index in [9.17, 15) is 22.8 Å². The van der Waals surface area contributed by atoms with Crippen molar-refractivity contribution in [2.45, 2.75) is 25.2 Å². The molecule has 10 heteroatoms. The molecule has 0 saturated carbocycles. The monoisotopic (exact) mass is 478 g/mol. The highest BCUT2D eigenvalue weighted by molar-refractivity contribution is 7.98. The van der Waals surface area contributed by atoms with Crippen molar-refractivity contribution in [3.8, 4) is 0 Å². The molecular formula is C20H19Cl2F3N2O2S. The molecule has 2 aromatic carbocycles. The van der Waals surface area contributed by atoms with Gasteiger partial charge in [0.1, 0.15) is 6.04 Å². The average Bonchev–Trinajstić information content (AvgIpc) is 2.70. The van der Waals surface area contributed by atoms with Crippen LogP contribution in [0.2, 0.25) is 10.0 Å². The maximum Gasteiger partial charge on any atom is 0.416 e. The lowest BCUT2D eigenvalue weighted by atomic mass is 10.1. The maximum atomic E-state index is 12.8. The second kappa shape index (κ2) is 10.9. The van der Waals surface area contributed by atoms with Crippen LogP contribution in [0.3, 0.4) is 0 Å². The van der Waals surface area contributed by atoms with E-state index in [1.54, 1.807) is 0 Å². The molecule has 4 nitrogen and oxygen atoms in total. The van der Waals surface area contributed by atoms with E-state index in [1.165, 1.54) is 42.1 Å². The summed E-state index contributed by atoms with van der Waals surface area (Å²) in [6, 6.07) is 8.20. The summed E-state index contributed by atoms with van der Waals surface area (Å²) in [5.74, 6) is -0.396. The first kappa shape index (κ1) is 24.4. The molecule has 0 fully saturated rings. The van der Waals surface area contributed by atoms with Crippen molar-refractivity contribution in [3.63, 3.8) is 0 Å². The molecule has 0 radical (unpaired) electrons. The number of hydrogen-bond donors (Lipinski definition) is 2. The van der Waals surface area contributed by atoms with Gasteiger partial charge < -0.3 is 10.6 Å². The molecule has 0 aromatic heterocycles. The van der Waals surface area contributed by atoms with Crippen LogP contribution in [0.4, 0.5) is 13.2 Å². The first-order valence-corrected chi connectivity index (χ1v) is 11.0. The van der Waals surface area contributed by atoms with E-state index >= 15 is 0 Å². The Kier molecular flexibility index (Phi) is 8.88. The summed E-state index contributed by atoms with van der Waals surface area (Å²) in [6.07, 6.45) is -2.25. The van der Waals surface area contributed by atoms with Crippen LogP contribution < -0.4 is 10.6 Å². The highest BCUT2D eigenvalue weighted by atomic mass is 35.5. The fourth-order valence-electron chi connectivity index (χ4n) is 2.55. The quantitative estimate of drug-likeness (QED) is 0.549. The number of alkyl halides is 3. The van der Waals surface area contributed by atoms with Crippen molar-refractivity contribution < 1.29 is 22.8 Å². The standard InChI is InChI=1S/C20H19Cl2F3N2O2S/c1-30-8-7-17(27-18(28)13-5-6-15(21)16(22)10-13)19(29)26-11-12-3-2-4-14(9-12)20(23,24)25/h2-6,9-10,17H,7-8,11H2,1H3,(H,26,29)(H,27,28)/t17-/m0/s1. The molecule has 0 spiro atoms. The van der Waals surface area contributed by atoms with E-state index < -0.39 is 29.6 Å². The van der Waals surface area contributed by atoms with Crippen molar-refractivity contribution in [2.24, 2.45) is 0 Å². The van der Waals surface area contributed by atoms with Crippen LogP contribution >= 0.6 is 35.0 Å². The molecule has 0 saturated heterocycles. The van der Waals surface area contributed by atoms with E-state index in [1.807, 2.05) is 6.26 Å². The molecule has 162 valence electrons. The fraction of sp³-hybridized carbons (Fsp3) is 0.300. The smallest absolute Gasteiger partial charge is 0.350 e. The maximum absolute atomic E-state index is 12.8. The molecule has 0 unspecified atom stereocenters. The van der Waals surface area contributed by atoms with Crippen LogP contribution in [0, 0.1) is 0 Å². The third-order valence-corrected chi connectivity index (χ3v) is 5.52. The SMILES string of the molecule is CSCC[C@H](NC(=O)c1ccc(Cl)c(Cl)c1)C(=O)NCc1cccc(C(F)(F)F)c1. The second-order valence-corrected chi connectivity index (χ2v) is 8.15. The summed E-state index contributed by atoms with van der Waals surface area (Å²) in [5, 5.41) is 5.73. The zero-order valence-corrected chi connectivity index (χ0v) is 18.2. The van der Waals surface area contributed by atoms with Gasteiger partial charge in [0.05, 0.1) is 15.6 Å². The minimum Gasteiger partial charge on any atom is -0.350 e. The number of nitrogens with one attached hydrogen (secondary N) is 2. The third-order valence-electron chi connectivity index (χ3n) is 4.14. The van der Waals surface area contributed by atoms with Gasteiger partial charge in [0, 0.05) is 12.1 Å². The van der Waals surface area contributed by atoms with Gasteiger partial charge in [-0.05, 0) is 54.3 Å². The fourth-order valence-corrected chi connectivity index (χ4v) is 3.32. The highest BCUT2D eigenvalue weighted by Crippen LogP contribution is 2.29. The van der Waals surface area contributed by atoms with Crippen LogP contribution in [-0.4, -0.2) is 29.9 Å². The highest BCUT2D eigenvalue weighted by Gasteiger charge is 2.30. The number of benzene rings is 2. The van der Waals surface area contributed by atoms with Crippen molar-refractivity contribution >= 4 is 46.8 Å². The van der Waals surface area contributed by atoms with Crippen molar-refractivity contribution in [3.05, 3.63) is 69.2 Å². The van der Waals surface area contributed by atoms with Gasteiger partial charge in [0.2, 0.25) is 5.91 Å². The van der Waals surface area contributed by atoms with Gasteiger partial charge in [-0.15, -0.1) is 0 Å². The minimum absolute atomic E-state index is 0.0961. The number of rotatable bonds is 8. The Bertz CT molecular complexity index is 910. The zero-order chi connectivity index (χ0) is 22.3. The van der Waals surface area contributed by atoms with E-state index in [0.717, 1.165) is 12.1 Å². The van der Waals surface area contributed by atoms with E-state index in [-0.39, 0.29) is 17.1 Å². The van der Waals surface area contributed by atoms with Crippen molar-refractivity contribution in [1.29, 1.82) is 0 Å². The zero-order valence-electron chi connectivity index (χ0n) is 15.9. The number of carbonyl (C=O) groups is 2. The van der Waals surface area contributed by atoms with Crippen molar-refractivity contribution in [2.75, 3.05) is 12.0 Å². The Morgan fingerprint density at radius 1 is 1.10 bits per heavy atom. The summed E-state index contributed by atoms with van der Waals surface area (Å²) < 4.78 is 38.5. The van der Waals surface area contributed by atoms with Gasteiger partial charge >= 0.3 is 6.18 Å². The molecule has 0 heterocycles. The predicted octanol–water partition coefficient (Wildman–Crippen LogP) is 5.18. The van der Waals surface area contributed by atoms with Crippen LogP contribution in [0.5, 0.6) is 0 Å². The molecule has 1 atom stereocenters. The molecule has 0 aliphatic rings. The molecular weight excluding hydrogens is 460 g/mol. The molecule has 30 heavy (non-hydrogen) atoms. The Hall–Kier alpha value is -1.90. The van der Waals surface area contributed by atoms with Gasteiger partial charge in [-0.1, -0.05) is 35.3 Å². The predicted molar refractivity (Wildman–Crippen MR) is 114 cm³/mol. The molecule has 2 N–H and O–H groups in total. The van der Waals surface area contributed by atoms with Gasteiger partial charge in [-0.25, -0.2) is 0 Å². The molecule has 0 bridgehead atoms. The van der Waals surface area contributed by atoms with Gasteiger partial charge in [-0.2, -0.15) is 24.9 Å². The number of amides is 2. The van der Waals surface area contributed by atoms with Gasteiger partial charge in [0.15, 0.2) is 0 Å². The van der Waals surface area contributed by atoms with Crippen molar-refractivity contribution in [1.82, 2.24) is 10.6 Å². The number of thioether (sulfide) groups is 1. The lowest BCUT2D eigenvalue weighted by Crippen LogP contribution is -2.46. The number of halogens is 5. The average molecular weight is 479 g/mol. The van der Waals surface area contributed by atoms with Crippen LogP contribution in [0.1, 0.15) is 27.9 Å². The lowest BCUT2D eigenvalue weighted by Gasteiger charge is -2.19. The second-order valence-electron chi connectivity index (χ2n) is 6.35. The van der Waals surface area contributed by atoms with E-state index in [4.69, 9.17) is 23.2 Å². The number of carbonyl (C=O) groups excluding carboxylic acids is 2. The lowest BCUT2D eigenvalue weighted by molar-refractivity contribution is -0.137. The molecule has 2 amide bonds. The first-order valence-electron chi connectivity index (χ1n) is 8.80. The molecule has 2 aromatic rings. The summed E-state index contributed by atoms with van der Waals surface area (Å²) >= 11 is 13.3. The number of hydrogen-bond acceptors (Lipinski definition) is 3. The van der Waals surface area contributed by atoms with Crippen LogP contribution in [0.15, 0.2) is 42.5 Å². The third kappa shape index (κ3) is 7.11. The normalized spacial score (nSPS) is 12.3. The molecule has 0 aliphatic heterocycles. The summed E-state index contributed by atoms with van der Waals surface area (Å²) in [6.45, 7) is -0.0961. The minimum atomic E-state index is -4.46.